The van der Waals surface area contributed by atoms with E-state index in [-0.39, 0.29) is 6.04 Å². The summed E-state index contributed by atoms with van der Waals surface area (Å²) in [6, 6.07) is 5.20. The van der Waals surface area contributed by atoms with Gasteiger partial charge in [-0.05, 0) is 49.2 Å². The summed E-state index contributed by atoms with van der Waals surface area (Å²) in [6.45, 7) is 6.46. The molecule has 1 N–H and O–H groups in total. The topological polar surface area (TPSA) is 37.8 Å². The number of halogens is 2. The Labute approximate surface area is 123 Å². The van der Waals surface area contributed by atoms with Crippen molar-refractivity contribution in [1.29, 1.82) is 0 Å². The Hall–Kier alpha value is -1.88. The van der Waals surface area contributed by atoms with Crippen LogP contribution < -0.4 is 5.32 Å². The number of nitrogens with one attached hydrogen (secondary N) is 1. The first-order valence-electron chi connectivity index (χ1n) is 7.07. The molecule has 2 aromatic rings. The SMILES string of the molecule is CCNC(c1cc(F)cc(F)c1)c1cc(C)nnc1CC. The van der Waals surface area contributed by atoms with Crippen molar-refractivity contribution >= 4 is 0 Å². The van der Waals surface area contributed by atoms with Gasteiger partial charge in [0.2, 0.25) is 0 Å². The van der Waals surface area contributed by atoms with Gasteiger partial charge in [0.1, 0.15) is 11.6 Å². The zero-order chi connectivity index (χ0) is 15.4. The summed E-state index contributed by atoms with van der Waals surface area (Å²) in [5, 5.41) is 11.5. The van der Waals surface area contributed by atoms with Crippen molar-refractivity contribution in [3.05, 3.63) is 58.4 Å². The van der Waals surface area contributed by atoms with Gasteiger partial charge < -0.3 is 5.32 Å². The van der Waals surface area contributed by atoms with Gasteiger partial charge in [-0.2, -0.15) is 10.2 Å². The zero-order valence-electron chi connectivity index (χ0n) is 12.5. The van der Waals surface area contributed by atoms with Crippen LogP contribution in [-0.4, -0.2) is 16.7 Å². The molecule has 0 aliphatic carbocycles. The highest BCUT2D eigenvalue weighted by Crippen LogP contribution is 2.26. The fraction of sp³-hybridized carbons (Fsp3) is 0.375. The van der Waals surface area contributed by atoms with Gasteiger partial charge in [-0.3, -0.25) is 0 Å². The molecule has 0 aliphatic heterocycles. The highest BCUT2D eigenvalue weighted by Gasteiger charge is 2.19. The Kier molecular flexibility index (Phi) is 4.96. The van der Waals surface area contributed by atoms with Gasteiger partial charge in [0, 0.05) is 6.07 Å². The van der Waals surface area contributed by atoms with Crippen molar-refractivity contribution in [1.82, 2.24) is 15.5 Å². The standard InChI is InChI=1S/C16H19F2N3/c1-4-15-14(6-10(3)20-21-15)16(19-5-2)11-7-12(17)9-13(18)8-11/h6-9,16,19H,4-5H2,1-3H3. The first-order valence-corrected chi connectivity index (χ1v) is 7.07. The number of hydrogen-bond donors (Lipinski definition) is 1. The summed E-state index contributed by atoms with van der Waals surface area (Å²) < 4.78 is 27.0. The van der Waals surface area contributed by atoms with Crippen LogP contribution in [-0.2, 0) is 6.42 Å². The van der Waals surface area contributed by atoms with Crippen molar-refractivity contribution < 1.29 is 8.78 Å². The molecule has 0 bridgehead atoms. The third kappa shape index (κ3) is 3.61. The van der Waals surface area contributed by atoms with Crippen molar-refractivity contribution in [2.75, 3.05) is 6.54 Å². The summed E-state index contributed by atoms with van der Waals surface area (Å²) in [6.07, 6.45) is 0.711. The van der Waals surface area contributed by atoms with Crippen molar-refractivity contribution in [2.45, 2.75) is 33.2 Å². The minimum Gasteiger partial charge on any atom is -0.306 e. The molecule has 0 saturated heterocycles. The largest absolute Gasteiger partial charge is 0.306 e. The maximum atomic E-state index is 13.5. The molecule has 3 nitrogen and oxygen atoms in total. The molecule has 0 radical (unpaired) electrons. The van der Waals surface area contributed by atoms with Crippen molar-refractivity contribution in [2.24, 2.45) is 0 Å². The number of aromatic nitrogens is 2. The van der Waals surface area contributed by atoms with Crippen LogP contribution in [0.4, 0.5) is 8.78 Å². The van der Waals surface area contributed by atoms with Crippen LogP contribution in [0.1, 0.15) is 42.4 Å². The molecule has 0 saturated carbocycles. The molecule has 0 fully saturated rings. The van der Waals surface area contributed by atoms with Crippen molar-refractivity contribution in [3.63, 3.8) is 0 Å². The van der Waals surface area contributed by atoms with Crippen molar-refractivity contribution in [3.8, 4) is 0 Å². The summed E-state index contributed by atoms with van der Waals surface area (Å²) in [5.74, 6) is -1.16. The summed E-state index contributed by atoms with van der Waals surface area (Å²) in [5.41, 5.74) is 3.08. The Morgan fingerprint density at radius 3 is 2.29 bits per heavy atom. The minimum atomic E-state index is -0.579. The molecule has 21 heavy (non-hydrogen) atoms. The molecule has 1 atom stereocenters. The second-order valence-electron chi connectivity index (χ2n) is 4.93. The van der Waals surface area contributed by atoms with E-state index in [1.165, 1.54) is 12.1 Å². The number of hydrogen-bond acceptors (Lipinski definition) is 3. The van der Waals surface area contributed by atoms with E-state index in [1.54, 1.807) is 0 Å². The smallest absolute Gasteiger partial charge is 0.126 e. The lowest BCUT2D eigenvalue weighted by atomic mass is 9.96. The zero-order valence-corrected chi connectivity index (χ0v) is 12.5. The quantitative estimate of drug-likeness (QED) is 0.918. The molecule has 5 heteroatoms. The Balaban J connectivity index is 2.55. The molecule has 1 aromatic heterocycles. The monoisotopic (exact) mass is 291 g/mol. The van der Waals surface area contributed by atoms with Gasteiger partial charge in [-0.25, -0.2) is 8.78 Å². The van der Waals surface area contributed by atoms with Crippen LogP contribution in [0, 0.1) is 18.6 Å². The Bertz CT molecular complexity index is 609. The summed E-state index contributed by atoms with van der Waals surface area (Å²) in [7, 11) is 0. The van der Waals surface area contributed by atoms with Gasteiger partial charge in [0.05, 0.1) is 17.4 Å². The first-order chi connectivity index (χ1) is 10.0. The number of nitrogens with zero attached hydrogens (tertiary/aromatic N) is 2. The lowest BCUT2D eigenvalue weighted by Gasteiger charge is -2.21. The molecule has 1 unspecified atom stereocenters. The molecule has 0 amide bonds. The fourth-order valence-electron chi connectivity index (χ4n) is 2.41. The lowest BCUT2D eigenvalue weighted by Crippen LogP contribution is -2.24. The average molecular weight is 291 g/mol. The fourth-order valence-corrected chi connectivity index (χ4v) is 2.41. The lowest BCUT2D eigenvalue weighted by molar-refractivity contribution is 0.562. The molecule has 1 aromatic carbocycles. The molecule has 1 heterocycles. The Morgan fingerprint density at radius 1 is 1.05 bits per heavy atom. The maximum Gasteiger partial charge on any atom is 0.126 e. The van der Waals surface area contributed by atoms with Gasteiger partial charge >= 0.3 is 0 Å². The van der Waals surface area contributed by atoms with E-state index >= 15 is 0 Å². The summed E-state index contributed by atoms with van der Waals surface area (Å²) in [4.78, 5) is 0. The molecular weight excluding hydrogens is 272 g/mol. The van der Waals surface area contributed by atoms with E-state index in [0.717, 1.165) is 23.0 Å². The summed E-state index contributed by atoms with van der Waals surface area (Å²) >= 11 is 0. The average Bonchev–Trinajstić information content (AvgIpc) is 2.43. The second kappa shape index (κ2) is 6.72. The van der Waals surface area contributed by atoms with Crippen LogP contribution in [0.2, 0.25) is 0 Å². The highest BCUT2D eigenvalue weighted by molar-refractivity contribution is 5.35. The third-order valence-electron chi connectivity index (χ3n) is 3.30. The predicted octanol–water partition coefficient (Wildman–Crippen LogP) is 3.32. The Morgan fingerprint density at radius 2 is 1.71 bits per heavy atom. The third-order valence-corrected chi connectivity index (χ3v) is 3.30. The van der Waals surface area contributed by atoms with Crippen LogP contribution in [0.3, 0.4) is 0 Å². The molecule has 2 rings (SSSR count). The van der Waals surface area contributed by atoms with Crippen LogP contribution in [0.25, 0.3) is 0 Å². The van der Waals surface area contributed by atoms with Crippen LogP contribution >= 0.6 is 0 Å². The van der Waals surface area contributed by atoms with Crippen LogP contribution in [0.5, 0.6) is 0 Å². The molecule has 112 valence electrons. The number of benzene rings is 1. The van der Waals surface area contributed by atoms with E-state index in [0.29, 0.717) is 18.5 Å². The van der Waals surface area contributed by atoms with E-state index in [1.807, 2.05) is 26.8 Å². The predicted molar refractivity (Wildman–Crippen MR) is 78.0 cm³/mol. The minimum absolute atomic E-state index is 0.302. The molecule has 0 aliphatic rings. The van der Waals surface area contributed by atoms with E-state index in [2.05, 4.69) is 15.5 Å². The first kappa shape index (κ1) is 15.5. The maximum absolute atomic E-state index is 13.5. The molecular formula is C16H19F2N3. The second-order valence-corrected chi connectivity index (χ2v) is 4.93. The van der Waals surface area contributed by atoms with Gasteiger partial charge in [0.15, 0.2) is 0 Å². The number of aryl methyl sites for hydroxylation is 2. The normalized spacial score (nSPS) is 12.4. The van der Waals surface area contributed by atoms with E-state index in [9.17, 15) is 8.78 Å². The van der Waals surface area contributed by atoms with E-state index < -0.39 is 11.6 Å². The van der Waals surface area contributed by atoms with Crippen LogP contribution in [0.15, 0.2) is 24.3 Å². The highest BCUT2D eigenvalue weighted by atomic mass is 19.1. The van der Waals surface area contributed by atoms with Gasteiger partial charge in [0.25, 0.3) is 0 Å². The van der Waals surface area contributed by atoms with Gasteiger partial charge in [-0.15, -0.1) is 0 Å². The van der Waals surface area contributed by atoms with E-state index in [4.69, 9.17) is 0 Å². The molecule has 0 spiro atoms. The number of rotatable bonds is 5. The van der Waals surface area contributed by atoms with Gasteiger partial charge in [-0.1, -0.05) is 13.8 Å².